The quantitative estimate of drug-likeness (QED) is 0.185. The van der Waals surface area contributed by atoms with Gasteiger partial charge in [-0.05, 0) is 29.3 Å². The van der Waals surface area contributed by atoms with Crippen LogP contribution in [0.4, 0.5) is 0 Å². The Bertz CT molecular complexity index is 2820. The van der Waals surface area contributed by atoms with Gasteiger partial charge >= 0.3 is 0 Å². The van der Waals surface area contributed by atoms with Crippen LogP contribution >= 0.6 is 11.3 Å². The van der Waals surface area contributed by atoms with E-state index in [0.717, 1.165) is 60.9 Å². The Morgan fingerprint density at radius 3 is 1.74 bits per heavy atom. The Morgan fingerprint density at radius 1 is 0.380 bits per heavy atom. The lowest BCUT2D eigenvalue weighted by Crippen LogP contribution is -2.01. The highest BCUT2D eigenvalue weighted by atomic mass is 32.1. The van der Waals surface area contributed by atoms with E-state index in [-0.39, 0.29) is 0 Å². The molecule has 3 aromatic heterocycles. The molecule has 0 radical (unpaired) electrons. The second-order valence-corrected chi connectivity index (χ2v) is 13.4. The van der Waals surface area contributed by atoms with E-state index in [9.17, 15) is 0 Å². The van der Waals surface area contributed by atoms with Crippen molar-refractivity contribution in [2.45, 2.75) is 0 Å². The number of hydrogen-bond donors (Lipinski definition) is 0. The smallest absolute Gasteiger partial charge is 0.164 e. The van der Waals surface area contributed by atoms with Crippen LogP contribution in [0.25, 0.3) is 98.5 Å². The molecule has 50 heavy (non-hydrogen) atoms. The van der Waals surface area contributed by atoms with Gasteiger partial charge in [0, 0.05) is 58.8 Å². The van der Waals surface area contributed by atoms with E-state index in [1.54, 1.807) is 0 Å². The van der Waals surface area contributed by atoms with Gasteiger partial charge in [-0.1, -0.05) is 146 Å². The Morgan fingerprint density at radius 2 is 0.960 bits per heavy atom. The van der Waals surface area contributed by atoms with Gasteiger partial charge in [0.2, 0.25) is 0 Å². The highest BCUT2D eigenvalue weighted by Gasteiger charge is 2.22. The van der Waals surface area contributed by atoms with Gasteiger partial charge in [-0.15, -0.1) is 11.3 Å². The zero-order valence-electron chi connectivity index (χ0n) is 26.7. The standard InChI is InChI=1S/C45H27N3OS/c1-3-13-28(14-4-1)43-46-44(29-15-5-2-6-16-29)48-45(47-43)37-22-11-19-31(30-25-26-34-33-18-8-10-24-39(33)50-40(34)27-30)41(37)36-21-12-20-35-32-17-7-9-23-38(32)49-42(35)36/h1-27H. The van der Waals surface area contributed by atoms with Crippen molar-refractivity contribution in [1.29, 1.82) is 0 Å². The molecule has 3 heterocycles. The third-order valence-electron chi connectivity index (χ3n) is 9.37. The van der Waals surface area contributed by atoms with Crippen LogP contribution in [-0.4, -0.2) is 15.0 Å². The minimum Gasteiger partial charge on any atom is -0.455 e. The molecule has 0 unspecified atom stereocenters. The molecule has 0 saturated carbocycles. The summed E-state index contributed by atoms with van der Waals surface area (Å²) in [6, 6.07) is 56.7. The summed E-state index contributed by atoms with van der Waals surface area (Å²) >= 11 is 1.83. The summed E-state index contributed by atoms with van der Waals surface area (Å²) in [6.45, 7) is 0. The average molecular weight is 658 g/mol. The second kappa shape index (κ2) is 11.6. The van der Waals surface area contributed by atoms with Gasteiger partial charge in [0.05, 0.1) is 0 Å². The van der Waals surface area contributed by atoms with E-state index in [0.29, 0.717) is 17.5 Å². The molecule has 4 nitrogen and oxygen atoms in total. The summed E-state index contributed by atoms with van der Waals surface area (Å²) in [5.41, 5.74) is 8.67. The number of nitrogens with zero attached hydrogens (tertiary/aromatic N) is 3. The Hall–Kier alpha value is -6.43. The van der Waals surface area contributed by atoms with Crippen LogP contribution in [0.3, 0.4) is 0 Å². The van der Waals surface area contributed by atoms with E-state index >= 15 is 0 Å². The SMILES string of the molecule is c1ccc(-c2nc(-c3ccccc3)nc(-c3cccc(-c4ccc5c(c4)sc4ccccc45)c3-c3cccc4c3oc3ccccc34)n2)cc1. The molecule has 0 aliphatic rings. The van der Waals surface area contributed by atoms with Crippen molar-refractivity contribution in [3.63, 3.8) is 0 Å². The molecule has 0 atom stereocenters. The van der Waals surface area contributed by atoms with Gasteiger partial charge in [-0.2, -0.15) is 0 Å². The number of para-hydroxylation sites is 2. The molecule has 0 aliphatic carbocycles. The monoisotopic (exact) mass is 657 g/mol. The van der Waals surface area contributed by atoms with Crippen LogP contribution in [0.2, 0.25) is 0 Å². The third-order valence-corrected chi connectivity index (χ3v) is 10.5. The molecule has 0 saturated heterocycles. The summed E-state index contributed by atoms with van der Waals surface area (Å²) in [6.07, 6.45) is 0. The number of aromatic nitrogens is 3. The molecule has 5 heteroatoms. The van der Waals surface area contributed by atoms with Crippen LogP contribution in [0.15, 0.2) is 168 Å². The van der Waals surface area contributed by atoms with Gasteiger partial charge < -0.3 is 4.42 Å². The van der Waals surface area contributed by atoms with Crippen molar-refractivity contribution in [2.75, 3.05) is 0 Å². The third kappa shape index (κ3) is 4.71. The summed E-state index contributed by atoms with van der Waals surface area (Å²) in [4.78, 5) is 15.3. The van der Waals surface area contributed by atoms with Gasteiger partial charge in [0.15, 0.2) is 17.5 Å². The molecular weight excluding hydrogens is 631 g/mol. The minimum atomic E-state index is 0.602. The second-order valence-electron chi connectivity index (χ2n) is 12.4. The number of thiophene rings is 1. The van der Waals surface area contributed by atoms with Crippen LogP contribution in [0, 0.1) is 0 Å². The Balaban J connectivity index is 1.28. The molecule has 0 N–H and O–H groups in total. The first-order chi connectivity index (χ1) is 24.8. The molecule has 0 spiro atoms. The first kappa shape index (κ1) is 28.6. The maximum absolute atomic E-state index is 6.66. The van der Waals surface area contributed by atoms with E-state index in [1.165, 1.54) is 20.2 Å². The van der Waals surface area contributed by atoms with Crippen LogP contribution < -0.4 is 0 Å². The lowest BCUT2D eigenvalue weighted by Gasteiger charge is -2.17. The molecule has 0 amide bonds. The Kier molecular flexibility index (Phi) is 6.64. The predicted molar refractivity (Wildman–Crippen MR) is 207 cm³/mol. The minimum absolute atomic E-state index is 0.602. The van der Waals surface area contributed by atoms with Gasteiger partial charge in [0.25, 0.3) is 0 Å². The lowest BCUT2D eigenvalue weighted by atomic mass is 9.89. The van der Waals surface area contributed by atoms with Crippen molar-refractivity contribution in [3.05, 3.63) is 164 Å². The van der Waals surface area contributed by atoms with Gasteiger partial charge in [-0.3, -0.25) is 0 Å². The van der Waals surface area contributed by atoms with Crippen molar-refractivity contribution in [3.8, 4) is 56.4 Å². The van der Waals surface area contributed by atoms with E-state index in [4.69, 9.17) is 19.4 Å². The van der Waals surface area contributed by atoms with Crippen molar-refractivity contribution >= 4 is 53.4 Å². The number of hydrogen-bond acceptors (Lipinski definition) is 5. The number of benzene rings is 7. The number of fused-ring (bicyclic) bond motifs is 6. The van der Waals surface area contributed by atoms with E-state index in [1.807, 2.05) is 84.1 Å². The highest BCUT2D eigenvalue weighted by Crippen LogP contribution is 2.45. The summed E-state index contributed by atoms with van der Waals surface area (Å²) in [5, 5.41) is 4.72. The van der Waals surface area contributed by atoms with Crippen LogP contribution in [0.5, 0.6) is 0 Å². The number of furan rings is 1. The van der Waals surface area contributed by atoms with Gasteiger partial charge in [0.1, 0.15) is 11.2 Å². The predicted octanol–water partition coefficient (Wildman–Crippen LogP) is 12.5. The molecule has 0 aliphatic heterocycles. The maximum Gasteiger partial charge on any atom is 0.164 e. The molecule has 0 bridgehead atoms. The zero-order valence-corrected chi connectivity index (χ0v) is 27.6. The van der Waals surface area contributed by atoms with Crippen molar-refractivity contribution in [2.24, 2.45) is 0 Å². The fourth-order valence-electron chi connectivity index (χ4n) is 7.04. The molecule has 0 fully saturated rings. The topological polar surface area (TPSA) is 51.8 Å². The zero-order chi connectivity index (χ0) is 33.0. The normalized spacial score (nSPS) is 11.6. The average Bonchev–Trinajstić information content (AvgIpc) is 3.76. The molecule has 7 aromatic carbocycles. The fraction of sp³-hybridized carbons (Fsp3) is 0. The molecule has 10 aromatic rings. The largest absolute Gasteiger partial charge is 0.455 e. The maximum atomic E-state index is 6.66. The van der Waals surface area contributed by atoms with Crippen LogP contribution in [-0.2, 0) is 0 Å². The first-order valence-electron chi connectivity index (χ1n) is 16.6. The van der Waals surface area contributed by atoms with Gasteiger partial charge in [-0.25, -0.2) is 15.0 Å². The van der Waals surface area contributed by atoms with E-state index in [2.05, 4.69) is 91.0 Å². The van der Waals surface area contributed by atoms with Crippen molar-refractivity contribution < 1.29 is 4.42 Å². The highest BCUT2D eigenvalue weighted by molar-refractivity contribution is 7.25. The summed E-state index contributed by atoms with van der Waals surface area (Å²) in [5.74, 6) is 1.85. The summed E-state index contributed by atoms with van der Waals surface area (Å²) in [7, 11) is 0. The molecular formula is C45H27N3OS. The van der Waals surface area contributed by atoms with Crippen molar-refractivity contribution in [1.82, 2.24) is 15.0 Å². The number of rotatable bonds is 5. The lowest BCUT2D eigenvalue weighted by molar-refractivity contribution is 0.670. The molecule has 10 rings (SSSR count). The molecule has 234 valence electrons. The summed E-state index contributed by atoms with van der Waals surface area (Å²) < 4.78 is 9.20. The Labute approximate surface area is 292 Å². The van der Waals surface area contributed by atoms with E-state index < -0.39 is 0 Å². The fourth-order valence-corrected chi connectivity index (χ4v) is 8.18. The van der Waals surface area contributed by atoms with Crippen LogP contribution in [0.1, 0.15) is 0 Å². The first-order valence-corrected chi connectivity index (χ1v) is 17.4.